The zero-order valence-corrected chi connectivity index (χ0v) is 12.9. The molecule has 1 aromatic carbocycles. The van der Waals surface area contributed by atoms with Gasteiger partial charge in [0.25, 0.3) is 5.69 Å². The van der Waals surface area contributed by atoms with Gasteiger partial charge in [0, 0.05) is 39.2 Å². The monoisotopic (exact) mass is 335 g/mol. The fourth-order valence-corrected chi connectivity index (χ4v) is 2.95. The summed E-state index contributed by atoms with van der Waals surface area (Å²) in [5, 5.41) is 10.5. The highest BCUT2D eigenvalue weighted by atomic mass is 35.5. The number of carbonyl (C=O) groups is 1. The Bertz CT molecular complexity index is 660. The van der Waals surface area contributed by atoms with E-state index in [1.54, 1.807) is 14.1 Å². The number of nitro groups is 1. The molecule has 0 aliphatic rings. The lowest BCUT2D eigenvalue weighted by Gasteiger charge is -2.11. The fourth-order valence-electron chi connectivity index (χ4n) is 1.41. The summed E-state index contributed by atoms with van der Waals surface area (Å²) in [6.07, 6.45) is -0.0290. The molecule has 0 unspecified atom stereocenters. The van der Waals surface area contributed by atoms with Crippen molar-refractivity contribution in [3.63, 3.8) is 0 Å². The molecule has 1 rings (SSSR count). The number of hydrogen-bond acceptors (Lipinski definition) is 5. The molecule has 1 aromatic rings. The molecule has 0 aliphatic heterocycles. The Morgan fingerprint density at radius 3 is 2.57 bits per heavy atom. The molecule has 0 radical (unpaired) electrons. The number of benzene rings is 1. The van der Waals surface area contributed by atoms with Gasteiger partial charge in [-0.3, -0.25) is 14.9 Å². The predicted molar refractivity (Wildman–Crippen MR) is 76.6 cm³/mol. The number of nitro benzene ring substituents is 1. The molecule has 0 spiro atoms. The van der Waals surface area contributed by atoms with Crippen molar-refractivity contribution in [1.82, 2.24) is 9.62 Å². The number of nitrogens with zero attached hydrogens (tertiary/aromatic N) is 2. The van der Waals surface area contributed by atoms with Crippen molar-refractivity contribution in [3.05, 3.63) is 33.3 Å². The Morgan fingerprint density at radius 1 is 1.43 bits per heavy atom. The number of nitrogens with one attached hydrogen (secondary N) is 1. The van der Waals surface area contributed by atoms with Crippen LogP contribution in [-0.2, 0) is 14.8 Å². The molecule has 116 valence electrons. The SMILES string of the molecule is CN(C)C(=O)CCNS(=O)(=O)c1cc([N+](=O)[O-])ccc1Cl. The summed E-state index contributed by atoms with van der Waals surface area (Å²) in [4.78, 5) is 22.2. The highest BCUT2D eigenvalue weighted by molar-refractivity contribution is 7.89. The second kappa shape index (κ2) is 6.83. The number of amides is 1. The van der Waals surface area contributed by atoms with E-state index in [9.17, 15) is 23.3 Å². The fraction of sp³-hybridized carbons (Fsp3) is 0.364. The van der Waals surface area contributed by atoms with Gasteiger partial charge in [-0.25, -0.2) is 13.1 Å². The first kappa shape index (κ1) is 17.3. The Balaban J connectivity index is 2.90. The van der Waals surface area contributed by atoms with Crippen LogP contribution in [0, 0.1) is 10.1 Å². The summed E-state index contributed by atoms with van der Waals surface area (Å²) in [6, 6.07) is 3.12. The van der Waals surface area contributed by atoms with Crippen LogP contribution in [0.1, 0.15) is 6.42 Å². The second-order valence-corrected chi connectivity index (χ2v) is 6.45. The number of carbonyl (C=O) groups excluding carboxylic acids is 1. The second-order valence-electron chi connectivity index (χ2n) is 4.31. The molecule has 21 heavy (non-hydrogen) atoms. The first-order valence-corrected chi connectivity index (χ1v) is 7.65. The van der Waals surface area contributed by atoms with E-state index in [-0.39, 0.29) is 29.6 Å². The third kappa shape index (κ3) is 4.66. The molecule has 0 saturated carbocycles. The smallest absolute Gasteiger partial charge is 0.270 e. The molecule has 0 fully saturated rings. The van der Waals surface area contributed by atoms with Crippen molar-refractivity contribution in [3.8, 4) is 0 Å². The molecule has 0 aliphatic carbocycles. The van der Waals surface area contributed by atoms with Crippen molar-refractivity contribution < 1.29 is 18.1 Å². The third-order valence-corrected chi connectivity index (χ3v) is 4.49. The van der Waals surface area contributed by atoms with Crippen molar-refractivity contribution in [1.29, 1.82) is 0 Å². The van der Waals surface area contributed by atoms with Crippen LogP contribution in [0.2, 0.25) is 5.02 Å². The van der Waals surface area contributed by atoms with Crippen LogP contribution in [-0.4, -0.2) is 44.8 Å². The van der Waals surface area contributed by atoms with Crippen LogP contribution in [0.4, 0.5) is 5.69 Å². The maximum atomic E-state index is 12.0. The van der Waals surface area contributed by atoms with Crippen LogP contribution in [0.25, 0.3) is 0 Å². The molecule has 1 N–H and O–H groups in total. The van der Waals surface area contributed by atoms with E-state index in [4.69, 9.17) is 11.6 Å². The lowest BCUT2D eigenvalue weighted by atomic mass is 10.3. The minimum Gasteiger partial charge on any atom is -0.349 e. The average Bonchev–Trinajstić information content (AvgIpc) is 2.38. The van der Waals surface area contributed by atoms with Gasteiger partial charge in [0.1, 0.15) is 4.90 Å². The van der Waals surface area contributed by atoms with E-state index >= 15 is 0 Å². The Kier molecular flexibility index (Phi) is 5.64. The van der Waals surface area contributed by atoms with Gasteiger partial charge in [0.15, 0.2) is 0 Å². The van der Waals surface area contributed by atoms with Crippen LogP contribution in [0.5, 0.6) is 0 Å². The molecule has 0 heterocycles. The minimum absolute atomic E-state index is 0.0290. The Labute approximate surface area is 126 Å². The van der Waals surface area contributed by atoms with Gasteiger partial charge in [0.2, 0.25) is 15.9 Å². The van der Waals surface area contributed by atoms with Gasteiger partial charge in [0.05, 0.1) is 9.95 Å². The molecule has 0 saturated heterocycles. The van der Waals surface area contributed by atoms with Crippen LogP contribution in [0.15, 0.2) is 23.1 Å². The van der Waals surface area contributed by atoms with Crippen LogP contribution in [0.3, 0.4) is 0 Å². The molecular formula is C11H14ClN3O5S. The van der Waals surface area contributed by atoms with Gasteiger partial charge < -0.3 is 4.90 Å². The molecular weight excluding hydrogens is 322 g/mol. The summed E-state index contributed by atoms with van der Waals surface area (Å²) in [6.45, 7) is -0.127. The van der Waals surface area contributed by atoms with E-state index in [1.807, 2.05) is 0 Å². The van der Waals surface area contributed by atoms with Crippen molar-refractivity contribution in [2.75, 3.05) is 20.6 Å². The van der Waals surface area contributed by atoms with Gasteiger partial charge >= 0.3 is 0 Å². The standard InChI is InChI=1S/C11H14ClN3O5S/c1-14(2)11(16)5-6-13-21(19,20)10-7-8(15(17)18)3-4-9(10)12/h3-4,7,13H,5-6H2,1-2H3. The minimum atomic E-state index is -4.03. The van der Waals surface area contributed by atoms with E-state index in [0.29, 0.717) is 0 Å². The lowest BCUT2D eigenvalue weighted by molar-refractivity contribution is -0.385. The Hall–Kier alpha value is -1.71. The maximum Gasteiger partial charge on any atom is 0.270 e. The molecule has 0 bridgehead atoms. The van der Waals surface area contributed by atoms with Gasteiger partial charge in [-0.15, -0.1) is 0 Å². The van der Waals surface area contributed by atoms with Crippen molar-refractivity contribution in [2.45, 2.75) is 11.3 Å². The summed E-state index contributed by atoms with van der Waals surface area (Å²) < 4.78 is 26.3. The van der Waals surface area contributed by atoms with E-state index in [1.165, 1.54) is 4.90 Å². The third-order valence-electron chi connectivity index (χ3n) is 2.54. The quantitative estimate of drug-likeness (QED) is 0.616. The highest BCUT2D eigenvalue weighted by Gasteiger charge is 2.21. The van der Waals surface area contributed by atoms with Gasteiger partial charge in [-0.05, 0) is 6.07 Å². The number of rotatable bonds is 6. The number of sulfonamides is 1. The topological polar surface area (TPSA) is 110 Å². The molecule has 0 atom stereocenters. The predicted octanol–water partition coefficient (Wildman–Crippen LogP) is 1.00. The van der Waals surface area contributed by atoms with Crippen molar-refractivity contribution >= 4 is 33.2 Å². The Morgan fingerprint density at radius 2 is 2.05 bits per heavy atom. The summed E-state index contributed by atoms with van der Waals surface area (Å²) in [5.74, 6) is -0.247. The number of halogens is 1. The van der Waals surface area contributed by atoms with E-state index < -0.39 is 19.8 Å². The van der Waals surface area contributed by atoms with Crippen molar-refractivity contribution in [2.24, 2.45) is 0 Å². The number of hydrogen-bond donors (Lipinski definition) is 1. The normalized spacial score (nSPS) is 11.2. The summed E-state index contributed by atoms with van der Waals surface area (Å²) in [7, 11) is -0.926. The van der Waals surface area contributed by atoms with Gasteiger partial charge in [-0.2, -0.15) is 0 Å². The van der Waals surface area contributed by atoms with E-state index in [0.717, 1.165) is 18.2 Å². The summed E-state index contributed by atoms with van der Waals surface area (Å²) in [5.41, 5.74) is -0.385. The zero-order valence-electron chi connectivity index (χ0n) is 11.4. The first-order valence-electron chi connectivity index (χ1n) is 5.79. The molecule has 10 heteroatoms. The molecule has 8 nitrogen and oxygen atoms in total. The van der Waals surface area contributed by atoms with Gasteiger partial charge in [-0.1, -0.05) is 11.6 Å². The average molecular weight is 336 g/mol. The largest absolute Gasteiger partial charge is 0.349 e. The summed E-state index contributed by atoms with van der Waals surface area (Å²) >= 11 is 5.76. The molecule has 0 aromatic heterocycles. The van der Waals surface area contributed by atoms with Crippen LogP contribution < -0.4 is 4.72 Å². The lowest BCUT2D eigenvalue weighted by Crippen LogP contribution is -2.30. The van der Waals surface area contributed by atoms with E-state index in [2.05, 4.69) is 4.72 Å². The zero-order chi connectivity index (χ0) is 16.2. The van der Waals surface area contributed by atoms with Crippen LogP contribution >= 0.6 is 11.6 Å². The maximum absolute atomic E-state index is 12.0. The number of non-ortho nitro benzene ring substituents is 1. The first-order chi connectivity index (χ1) is 9.65. The highest BCUT2D eigenvalue weighted by Crippen LogP contribution is 2.25. The molecule has 1 amide bonds.